The van der Waals surface area contributed by atoms with Crippen LogP contribution in [-0.4, -0.2) is 6.54 Å². The Balaban J connectivity index is 3.20. The molecule has 2 N–H and O–H groups in total. The summed E-state index contributed by atoms with van der Waals surface area (Å²) in [5, 5.41) is 0. The first kappa shape index (κ1) is 11.0. The molecule has 14 heavy (non-hydrogen) atoms. The van der Waals surface area contributed by atoms with E-state index in [0.29, 0.717) is 12.5 Å². The summed E-state index contributed by atoms with van der Waals surface area (Å²) < 4.78 is 0. The second-order valence-electron chi connectivity index (χ2n) is 3.81. The molecule has 1 aromatic carbocycles. The number of rotatable bonds is 4. The Bertz CT molecular complexity index is 313. The molecule has 76 valence electrons. The van der Waals surface area contributed by atoms with Crippen LogP contribution >= 0.6 is 0 Å². The third-order valence-corrected chi connectivity index (χ3v) is 2.48. The van der Waals surface area contributed by atoms with E-state index in [1.807, 2.05) is 6.08 Å². The van der Waals surface area contributed by atoms with Crippen LogP contribution in [-0.2, 0) is 6.42 Å². The van der Waals surface area contributed by atoms with Crippen LogP contribution in [0.4, 0.5) is 0 Å². The Morgan fingerprint density at radius 1 is 1.43 bits per heavy atom. The summed E-state index contributed by atoms with van der Waals surface area (Å²) in [5.74, 6) is 0.552. The molecule has 1 rings (SSSR count). The van der Waals surface area contributed by atoms with Crippen molar-refractivity contribution in [2.45, 2.75) is 26.2 Å². The van der Waals surface area contributed by atoms with E-state index >= 15 is 0 Å². The highest BCUT2D eigenvalue weighted by molar-refractivity contribution is 5.55. The normalized spacial score (nSPS) is 10.6. The van der Waals surface area contributed by atoms with Gasteiger partial charge in [-0.2, -0.15) is 0 Å². The van der Waals surface area contributed by atoms with Gasteiger partial charge >= 0.3 is 0 Å². The Hall–Kier alpha value is -1.08. The molecule has 0 aliphatic rings. The zero-order chi connectivity index (χ0) is 10.6. The van der Waals surface area contributed by atoms with Gasteiger partial charge < -0.3 is 5.73 Å². The highest BCUT2D eigenvalue weighted by atomic mass is 14.5. The minimum atomic E-state index is 0.552. The number of hydrogen-bond acceptors (Lipinski definition) is 1. The van der Waals surface area contributed by atoms with Crippen LogP contribution < -0.4 is 5.73 Å². The van der Waals surface area contributed by atoms with Gasteiger partial charge in [-0.15, -0.1) is 0 Å². The summed E-state index contributed by atoms with van der Waals surface area (Å²) in [6, 6.07) is 6.37. The standard InChI is InChI=1S/C13H19N/c1-4-11-6-5-7-12(10(2)3)13(11)8-9-14/h4-7,10H,1,8-9,14H2,2-3H3. The summed E-state index contributed by atoms with van der Waals surface area (Å²) in [6.45, 7) is 8.95. The molecule has 0 amide bonds. The molecule has 1 nitrogen and oxygen atoms in total. The summed E-state index contributed by atoms with van der Waals surface area (Å²) in [6.07, 6.45) is 2.85. The van der Waals surface area contributed by atoms with Crippen LogP contribution in [0.1, 0.15) is 36.5 Å². The SMILES string of the molecule is C=Cc1cccc(C(C)C)c1CCN. The van der Waals surface area contributed by atoms with Gasteiger partial charge in [-0.05, 0) is 35.6 Å². The van der Waals surface area contributed by atoms with Crippen LogP contribution in [0.3, 0.4) is 0 Å². The van der Waals surface area contributed by atoms with Crippen LogP contribution in [0, 0.1) is 0 Å². The quantitative estimate of drug-likeness (QED) is 0.774. The van der Waals surface area contributed by atoms with E-state index in [0.717, 1.165) is 6.42 Å². The average molecular weight is 189 g/mol. The van der Waals surface area contributed by atoms with Crippen LogP contribution in [0.5, 0.6) is 0 Å². The van der Waals surface area contributed by atoms with Crippen molar-refractivity contribution >= 4 is 6.08 Å². The molecular formula is C13H19N. The van der Waals surface area contributed by atoms with Gasteiger partial charge in [0.25, 0.3) is 0 Å². The molecule has 1 aromatic rings. The van der Waals surface area contributed by atoms with Crippen molar-refractivity contribution < 1.29 is 0 Å². The molecule has 0 aromatic heterocycles. The lowest BCUT2D eigenvalue weighted by atomic mass is 9.91. The third kappa shape index (κ3) is 2.24. The Morgan fingerprint density at radius 2 is 2.14 bits per heavy atom. The first-order valence-corrected chi connectivity index (χ1v) is 5.15. The van der Waals surface area contributed by atoms with E-state index in [-0.39, 0.29) is 0 Å². The van der Waals surface area contributed by atoms with Crippen LogP contribution in [0.15, 0.2) is 24.8 Å². The summed E-state index contributed by atoms with van der Waals surface area (Å²) in [4.78, 5) is 0. The maximum absolute atomic E-state index is 5.62. The smallest absolute Gasteiger partial charge is 0.00364 e. The Kier molecular flexibility index (Phi) is 3.90. The summed E-state index contributed by atoms with van der Waals surface area (Å²) in [5.41, 5.74) is 9.60. The fourth-order valence-corrected chi connectivity index (χ4v) is 1.79. The second kappa shape index (κ2) is 4.97. The molecule has 0 unspecified atom stereocenters. The van der Waals surface area contributed by atoms with E-state index in [9.17, 15) is 0 Å². The molecule has 0 aliphatic heterocycles. The molecule has 0 radical (unpaired) electrons. The molecule has 0 bridgehead atoms. The van der Waals surface area contributed by atoms with Gasteiger partial charge in [0, 0.05) is 0 Å². The van der Waals surface area contributed by atoms with Gasteiger partial charge in [0.1, 0.15) is 0 Å². The molecule has 0 spiro atoms. The number of nitrogens with two attached hydrogens (primary N) is 1. The monoisotopic (exact) mass is 189 g/mol. The fourth-order valence-electron chi connectivity index (χ4n) is 1.79. The van der Waals surface area contributed by atoms with Gasteiger partial charge in [-0.25, -0.2) is 0 Å². The molecule has 0 aliphatic carbocycles. The highest BCUT2D eigenvalue weighted by Crippen LogP contribution is 2.23. The van der Waals surface area contributed by atoms with E-state index in [2.05, 4.69) is 38.6 Å². The maximum atomic E-state index is 5.62. The van der Waals surface area contributed by atoms with Gasteiger partial charge in [0.15, 0.2) is 0 Å². The lowest BCUT2D eigenvalue weighted by molar-refractivity contribution is 0.830. The predicted molar refractivity (Wildman–Crippen MR) is 63.4 cm³/mol. The molecule has 0 heterocycles. The number of benzene rings is 1. The molecular weight excluding hydrogens is 170 g/mol. The Labute approximate surface area is 86.6 Å². The largest absolute Gasteiger partial charge is 0.330 e. The predicted octanol–water partition coefficient (Wildman–Crippen LogP) is 2.95. The second-order valence-corrected chi connectivity index (χ2v) is 3.81. The van der Waals surface area contributed by atoms with Crippen molar-refractivity contribution in [3.63, 3.8) is 0 Å². The molecule has 0 saturated carbocycles. The lowest BCUT2D eigenvalue weighted by Gasteiger charge is -2.14. The van der Waals surface area contributed by atoms with Crippen molar-refractivity contribution in [2.75, 3.05) is 6.54 Å². The van der Waals surface area contributed by atoms with E-state index < -0.39 is 0 Å². The van der Waals surface area contributed by atoms with E-state index in [4.69, 9.17) is 5.73 Å². The fraction of sp³-hybridized carbons (Fsp3) is 0.385. The van der Waals surface area contributed by atoms with Crippen LogP contribution in [0.25, 0.3) is 6.08 Å². The van der Waals surface area contributed by atoms with E-state index in [1.54, 1.807) is 0 Å². The topological polar surface area (TPSA) is 26.0 Å². The van der Waals surface area contributed by atoms with Gasteiger partial charge in [-0.3, -0.25) is 0 Å². The van der Waals surface area contributed by atoms with E-state index in [1.165, 1.54) is 16.7 Å². The zero-order valence-electron chi connectivity index (χ0n) is 9.09. The van der Waals surface area contributed by atoms with Crippen molar-refractivity contribution in [3.05, 3.63) is 41.5 Å². The Morgan fingerprint density at radius 3 is 2.64 bits per heavy atom. The third-order valence-electron chi connectivity index (χ3n) is 2.48. The maximum Gasteiger partial charge on any atom is -0.00364 e. The minimum Gasteiger partial charge on any atom is -0.330 e. The zero-order valence-corrected chi connectivity index (χ0v) is 9.09. The molecule has 0 saturated heterocycles. The van der Waals surface area contributed by atoms with Crippen LogP contribution in [0.2, 0.25) is 0 Å². The summed E-state index contributed by atoms with van der Waals surface area (Å²) >= 11 is 0. The number of hydrogen-bond donors (Lipinski definition) is 1. The molecule has 0 fully saturated rings. The van der Waals surface area contributed by atoms with Gasteiger partial charge in [-0.1, -0.05) is 44.7 Å². The molecule has 1 heteroatoms. The summed E-state index contributed by atoms with van der Waals surface area (Å²) in [7, 11) is 0. The van der Waals surface area contributed by atoms with Crippen molar-refractivity contribution in [1.82, 2.24) is 0 Å². The average Bonchev–Trinajstić information content (AvgIpc) is 2.18. The van der Waals surface area contributed by atoms with Gasteiger partial charge in [0.05, 0.1) is 0 Å². The lowest BCUT2D eigenvalue weighted by Crippen LogP contribution is -2.07. The molecule has 0 atom stereocenters. The first-order chi connectivity index (χ1) is 6.70. The highest BCUT2D eigenvalue weighted by Gasteiger charge is 2.08. The van der Waals surface area contributed by atoms with Crippen molar-refractivity contribution in [1.29, 1.82) is 0 Å². The van der Waals surface area contributed by atoms with Gasteiger partial charge in [0.2, 0.25) is 0 Å². The van der Waals surface area contributed by atoms with Crippen molar-refractivity contribution in [3.8, 4) is 0 Å². The van der Waals surface area contributed by atoms with Crippen molar-refractivity contribution in [2.24, 2.45) is 5.73 Å². The minimum absolute atomic E-state index is 0.552. The first-order valence-electron chi connectivity index (χ1n) is 5.15.